The number of carbonyl (C=O) groups excluding carboxylic acids is 3. The Labute approximate surface area is 480 Å². The highest BCUT2D eigenvalue weighted by Crippen LogP contribution is 2.15. The second kappa shape index (κ2) is 64.8. The first-order valence-corrected chi connectivity index (χ1v) is 31.8. The van der Waals surface area contributed by atoms with Crippen molar-refractivity contribution in [3.05, 3.63) is 146 Å². The molecule has 0 amide bonds. The summed E-state index contributed by atoms with van der Waals surface area (Å²) >= 11 is 0. The van der Waals surface area contributed by atoms with Crippen LogP contribution >= 0.6 is 0 Å². The number of unbranched alkanes of at least 4 members (excludes halogenated alkanes) is 21. The molecule has 0 aromatic heterocycles. The van der Waals surface area contributed by atoms with E-state index in [9.17, 15) is 14.4 Å². The highest BCUT2D eigenvalue weighted by Gasteiger charge is 2.19. The lowest BCUT2D eigenvalue weighted by molar-refractivity contribution is -0.167. The van der Waals surface area contributed by atoms with E-state index in [2.05, 4.69) is 167 Å². The Morgan fingerprint density at radius 2 is 0.513 bits per heavy atom. The second-order valence-corrected chi connectivity index (χ2v) is 20.6. The van der Waals surface area contributed by atoms with E-state index >= 15 is 0 Å². The van der Waals surface area contributed by atoms with Crippen molar-refractivity contribution < 1.29 is 28.6 Å². The van der Waals surface area contributed by atoms with Crippen LogP contribution in [0.4, 0.5) is 0 Å². The number of hydrogen-bond donors (Lipinski definition) is 0. The molecule has 78 heavy (non-hydrogen) atoms. The van der Waals surface area contributed by atoms with Crippen molar-refractivity contribution in [1.29, 1.82) is 0 Å². The van der Waals surface area contributed by atoms with E-state index in [1.54, 1.807) is 0 Å². The molecule has 0 heterocycles. The fourth-order valence-electron chi connectivity index (χ4n) is 8.40. The average molecular weight is 1080 g/mol. The molecule has 1 atom stereocenters. The summed E-state index contributed by atoms with van der Waals surface area (Å²) in [5.41, 5.74) is 0. The van der Waals surface area contributed by atoms with Crippen molar-refractivity contribution in [2.45, 2.75) is 277 Å². The van der Waals surface area contributed by atoms with Gasteiger partial charge in [0.15, 0.2) is 6.10 Å². The number of hydrogen-bond acceptors (Lipinski definition) is 6. The summed E-state index contributed by atoms with van der Waals surface area (Å²) in [5.74, 6) is -0.977. The fraction of sp³-hybridized carbons (Fsp3) is 0.625. The van der Waals surface area contributed by atoms with Gasteiger partial charge in [-0.3, -0.25) is 14.4 Å². The lowest BCUT2D eigenvalue weighted by atomic mass is 10.0. The molecule has 0 aromatic carbocycles. The first-order valence-electron chi connectivity index (χ1n) is 31.8. The standard InChI is InChI=1S/C72H116O6/c1-4-7-10-13-16-19-22-25-28-30-31-32-33-34-35-36-37-38-39-40-41-43-44-47-50-53-56-59-62-65-71(74)77-68-69(67-76-70(73)64-61-58-55-52-49-46-27-24-21-18-15-12-9-6-3)78-72(75)66-63-60-57-54-51-48-45-42-29-26-23-20-17-14-11-8-5-2/h7-8,10-11,16-17,19-20,25-26,28-29,31-32,34-35,37-38,40-41,45,48,54,57,69H,4-6,9,12-15,18,21-24,27,30,33,36,39,42-44,46-47,49-53,55-56,58-68H2,1-3H3/b10-7-,11-8-,19-16-,20-17-,28-25-,29-26-,32-31-,35-34-,38-37-,41-40-,48-45-,57-54-. The maximum absolute atomic E-state index is 12.9. The Bertz CT molecular complexity index is 1710. The zero-order valence-electron chi connectivity index (χ0n) is 50.4. The van der Waals surface area contributed by atoms with Crippen LogP contribution in [0.3, 0.4) is 0 Å². The highest BCUT2D eigenvalue weighted by atomic mass is 16.6. The summed E-state index contributed by atoms with van der Waals surface area (Å²) in [4.78, 5) is 38.3. The predicted octanol–water partition coefficient (Wildman–Crippen LogP) is 21.9. The van der Waals surface area contributed by atoms with Crippen LogP contribution in [0.2, 0.25) is 0 Å². The molecule has 0 saturated heterocycles. The van der Waals surface area contributed by atoms with Crippen molar-refractivity contribution in [2.24, 2.45) is 0 Å². The van der Waals surface area contributed by atoms with Gasteiger partial charge in [-0.15, -0.1) is 0 Å². The van der Waals surface area contributed by atoms with E-state index in [0.29, 0.717) is 19.3 Å². The van der Waals surface area contributed by atoms with Gasteiger partial charge in [0.25, 0.3) is 0 Å². The largest absolute Gasteiger partial charge is 0.462 e. The van der Waals surface area contributed by atoms with E-state index in [0.717, 1.165) is 128 Å². The Kier molecular flexibility index (Phi) is 60.9. The summed E-state index contributed by atoms with van der Waals surface area (Å²) in [6.45, 7) is 6.36. The number of esters is 3. The van der Waals surface area contributed by atoms with Crippen molar-refractivity contribution in [3.8, 4) is 0 Å². The summed E-state index contributed by atoms with van der Waals surface area (Å²) in [6.07, 6.45) is 92.8. The Morgan fingerprint density at radius 3 is 0.821 bits per heavy atom. The second-order valence-electron chi connectivity index (χ2n) is 20.6. The quantitative estimate of drug-likeness (QED) is 0.0261. The zero-order valence-corrected chi connectivity index (χ0v) is 50.4. The molecule has 0 bridgehead atoms. The smallest absolute Gasteiger partial charge is 0.306 e. The number of carbonyl (C=O) groups is 3. The minimum atomic E-state index is -0.818. The van der Waals surface area contributed by atoms with Crippen LogP contribution in [-0.2, 0) is 28.6 Å². The van der Waals surface area contributed by atoms with Crippen LogP contribution in [0.15, 0.2) is 146 Å². The molecular weight excluding hydrogens is 961 g/mol. The summed E-state index contributed by atoms with van der Waals surface area (Å²) in [6, 6.07) is 0. The average Bonchev–Trinajstić information content (AvgIpc) is 3.44. The molecule has 6 nitrogen and oxygen atoms in total. The van der Waals surface area contributed by atoms with Gasteiger partial charge in [0.2, 0.25) is 0 Å². The molecule has 1 unspecified atom stereocenters. The van der Waals surface area contributed by atoms with Crippen LogP contribution in [0.25, 0.3) is 0 Å². The number of rotatable bonds is 56. The Morgan fingerprint density at radius 1 is 0.269 bits per heavy atom. The fourth-order valence-corrected chi connectivity index (χ4v) is 8.40. The topological polar surface area (TPSA) is 78.9 Å². The third kappa shape index (κ3) is 62.1. The van der Waals surface area contributed by atoms with E-state index in [4.69, 9.17) is 14.2 Å². The van der Waals surface area contributed by atoms with Gasteiger partial charge in [0, 0.05) is 19.3 Å². The van der Waals surface area contributed by atoms with Crippen LogP contribution in [0, 0.1) is 0 Å². The molecule has 0 fully saturated rings. The first kappa shape index (κ1) is 73.3. The zero-order chi connectivity index (χ0) is 56.4. The third-order valence-electron chi connectivity index (χ3n) is 13.1. The maximum atomic E-state index is 12.9. The molecule has 0 aliphatic rings. The van der Waals surface area contributed by atoms with Crippen molar-refractivity contribution in [2.75, 3.05) is 13.2 Å². The third-order valence-corrected chi connectivity index (χ3v) is 13.1. The van der Waals surface area contributed by atoms with Gasteiger partial charge in [-0.05, 0) is 116 Å². The van der Waals surface area contributed by atoms with Gasteiger partial charge in [0.05, 0.1) is 0 Å². The lowest BCUT2D eigenvalue weighted by Crippen LogP contribution is -2.30. The molecule has 0 aliphatic carbocycles. The van der Waals surface area contributed by atoms with E-state index in [1.807, 2.05) is 0 Å². The summed E-state index contributed by atoms with van der Waals surface area (Å²) in [7, 11) is 0. The van der Waals surface area contributed by atoms with E-state index in [1.165, 1.54) is 96.3 Å². The van der Waals surface area contributed by atoms with Crippen molar-refractivity contribution in [1.82, 2.24) is 0 Å². The molecular formula is C72H116O6. The van der Waals surface area contributed by atoms with Gasteiger partial charge in [-0.1, -0.05) is 282 Å². The molecule has 0 saturated carbocycles. The first-order chi connectivity index (χ1) is 38.5. The predicted molar refractivity (Wildman–Crippen MR) is 339 cm³/mol. The number of allylic oxidation sites excluding steroid dienone is 24. The molecule has 0 radical (unpaired) electrons. The van der Waals surface area contributed by atoms with Crippen molar-refractivity contribution in [3.63, 3.8) is 0 Å². The van der Waals surface area contributed by atoms with Gasteiger partial charge >= 0.3 is 17.9 Å². The van der Waals surface area contributed by atoms with Crippen LogP contribution in [-0.4, -0.2) is 37.2 Å². The van der Waals surface area contributed by atoms with Crippen molar-refractivity contribution >= 4 is 17.9 Å². The van der Waals surface area contributed by atoms with E-state index in [-0.39, 0.29) is 37.5 Å². The number of ether oxygens (including phenoxy) is 3. The van der Waals surface area contributed by atoms with Gasteiger partial charge in [-0.2, -0.15) is 0 Å². The highest BCUT2D eigenvalue weighted by molar-refractivity contribution is 5.71. The SMILES string of the molecule is CC/C=C\C/C=C\C/C=C\C/C=C\C/C=C\C/C=C\C/C=C\CCCCCCCCCC(=O)OCC(COC(=O)CCCCCCCCCCCCCCCC)OC(=O)CCC/C=C\C/C=C\C/C=C\C/C=C\C/C=C\CC. The monoisotopic (exact) mass is 1080 g/mol. The van der Waals surface area contributed by atoms with Gasteiger partial charge < -0.3 is 14.2 Å². The van der Waals surface area contributed by atoms with E-state index < -0.39 is 6.10 Å². The minimum Gasteiger partial charge on any atom is -0.462 e. The summed E-state index contributed by atoms with van der Waals surface area (Å²) < 4.78 is 16.9. The Balaban J connectivity index is 4.41. The van der Waals surface area contributed by atoms with Crippen LogP contribution < -0.4 is 0 Å². The maximum Gasteiger partial charge on any atom is 0.306 e. The summed E-state index contributed by atoms with van der Waals surface area (Å²) in [5, 5.41) is 0. The molecule has 0 aliphatic heterocycles. The molecule has 0 spiro atoms. The lowest BCUT2D eigenvalue weighted by Gasteiger charge is -2.18. The van der Waals surface area contributed by atoms with Crippen LogP contribution in [0.1, 0.15) is 271 Å². The molecule has 0 aromatic rings. The van der Waals surface area contributed by atoms with Gasteiger partial charge in [-0.25, -0.2) is 0 Å². The molecule has 0 rings (SSSR count). The normalized spacial score (nSPS) is 13.1. The van der Waals surface area contributed by atoms with Crippen LogP contribution in [0.5, 0.6) is 0 Å². The minimum absolute atomic E-state index is 0.107. The molecule has 440 valence electrons. The molecule has 0 N–H and O–H groups in total. The Hall–Kier alpha value is -4.71. The van der Waals surface area contributed by atoms with Gasteiger partial charge in [0.1, 0.15) is 13.2 Å². The molecule has 6 heteroatoms.